The van der Waals surface area contributed by atoms with Crippen molar-refractivity contribution in [2.45, 2.75) is 19.8 Å². The number of hydrogen-bond acceptors (Lipinski definition) is 3. The molecule has 0 radical (unpaired) electrons. The average Bonchev–Trinajstić information content (AvgIpc) is 2.56. The molecule has 5 nitrogen and oxygen atoms in total. The largest absolute Gasteiger partial charge is 0.333 e. The zero-order valence-electron chi connectivity index (χ0n) is 13.5. The Balaban J connectivity index is 0.00000288. The second-order valence-corrected chi connectivity index (χ2v) is 5.54. The van der Waals surface area contributed by atoms with E-state index in [0.29, 0.717) is 13.1 Å². The molecule has 2 N–H and O–H groups in total. The number of rotatable bonds is 5. The van der Waals surface area contributed by atoms with Gasteiger partial charge in [0.25, 0.3) is 0 Å². The van der Waals surface area contributed by atoms with Crippen LogP contribution in [0.25, 0.3) is 0 Å². The number of nitrogens with zero attached hydrogens (tertiary/aromatic N) is 1. The van der Waals surface area contributed by atoms with E-state index >= 15 is 0 Å². The standard InChI is InChI=1S/C16H21F2N3O2.ClH/c1-2-21(16(23)11-5-4-8-19-9-11)10-14(22)20-15-12(17)6-3-7-13(15)18;/h3,6-7,11,19H,2,4-5,8-10H2,1H3,(H,20,22);1H. The van der Waals surface area contributed by atoms with Crippen molar-refractivity contribution >= 4 is 29.9 Å². The van der Waals surface area contributed by atoms with E-state index in [-0.39, 0.29) is 30.8 Å². The minimum Gasteiger partial charge on any atom is -0.333 e. The van der Waals surface area contributed by atoms with Crippen LogP contribution >= 0.6 is 12.4 Å². The quantitative estimate of drug-likeness (QED) is 0.845. The number of carbonyl (C=O) groups excluding carboxylic acids is 2. The highest BCUT2D eigenvalue weighted by atomic mass is 35.5. The summed E-state index contributed by atoms with van der Waals surface area (Å²) in [5, 5.41) is 5.36. The maximum atomic E-state index is 13.5. The fraction of sp³-hybridized carbons (Fsp3) is 0.500. The van der Waals surface area contributed by atoms with E-state index in [1.165, 1.54) is 11.0 Å². The first kappa shape index (κ1) is 20.3. The molecule has 0 bridgehead atoms. The Hall–Kier alpha value is -1.73. The number of halogens is 3. The highest BCUT2D eigenvalue weighted by molar-refractivity contribution is 5.95. The molecule has 1 aliphatic rings. The summed E-state index contributed by atoms with van der Waals surface area (Å²) in [5.41, 5.74) is -0.486. The topological polar surface area (TPSA) is 61.4 Å². The van der Waals surface area contributed by atoms with Gasteiger partial charge in [0, 0.05) is 13.1 Å². The molecule has 2 rings (SSSR count). The molecule has 1 heterocycles. The summed E-state index contributed by atoms with van der Waals surface area (Å²) in [7, 11) is 0. The first-order valence-corrected chi connectivity index (χ1v) is 7.76. The molecule has 8 heteroatoms. The van der Waals surface area contributed by atoms with Crippen LogP contribution in [0.2, 0.25) is 0 Å². The third-order valence-corrected chi connectivity index (χ3v) is 3.90. The number of amides is 2. The first-order valence-electron chi connectivity index (χ1n) is 7.76. The Morgan fingerprint density at radius 1 is 1.33 bits per heavy atom. The predicted octanol–water partition coefficient (Wildman–Crippen LogP) is 2.17. The molecular weight excluding hydrogens is 340 g/mol. The lowest BCUT2D eigenvalue weighted by Crippen LogP contribution is -2.45. The summed E-state index contributed by atoms with van der Waals surface area (Å²) in [6, 6.07) is 3.35. The molecule has 0 aliphatic carbocycles. The fourth-order valence-corrected chi connectivity index (χ4v) is 2.64. The van der Waals surface area contributed by atoms with Gasteiger partial charge in [-0.15, -0.1) is 12.4 Å². The third kappa shape index (κ3) is 5.14. The lowest BCUT2D eigenvalue weighted by Gasteiger charge is -2.28. The lowest BCUT2D eigenvalue weighted by atomic mass is 9.98. The van der Waals surface area contributed by atoms with Gasteiger partial charge in [0.05, 0.1) is 12.5 Å². The normalized spacial score (nSPS) is 16.9. The zero-order chi connectivity index (χ0) is 16.8. The summed E-state index contributed by atoms with van der Waals surface area (Å²) in [6.07, 6.45) is 1.70. The summed E-state index contributed by atoms with van der Waals surface area (Å²) in [5.74, 6) is -2.56. The predicted molar refractivity (Wildman–Crippen MR) is 90.1 cm³/mol. The number of likely N-dealkylation sites (N-methyl/N-ethyl adjacent to an activating group) is 1. The molecule has 0 saturated carbocycles. The number of piperidine rings is 1. The van der Waals surface area contributed by atoms with Crippen molar-refractivity contribution < 1.29 is 18.4 Å². The Morgan fingerprint density at radius 2 is 2.00 bits per heavy atom. The first-order chi connectivity index (χ1) is 11.0. The van der Waals surface area contributed by atoms with Crippen molar-refractivity contribution in [3.8, 4) is 0 Å². The number of benzene rings is 1. The Labute approximate surface area is 146 Å². The molecule has 1 fully saturated rings. The van der Waals surface area contributed by atoms with Gasteiger partial charge in [-0.3, -0.25) is 9.59 Å². The molecule has 1 aromatic rings. The van der Waals surface area contributed by atoms with Crippen LogP contribution in [-0.4, -0.2) is 42.9 Å². The highest BCUT2D eigenvalue weighted by Crippen LogP contribution is 2.18. The van der Waals surface area contributed by atoms with Gasteiger partial charge in [-0.05, 0) is 38.4 Å². The van der Waals surface area contributed by atoms with E-state index in [4.69, 9.17) is 0 Å². The molecule has 1 saturated heterocycles. The SMILES string of the molecule is CCN(CC(=O)Nc1c(F)cccc1F)C(=O)C1CCCNC1.Cl. The molecule has 1 aromatic carbocycles. The monoisotopic (exact) mass is 361 g/mol. The minimum atomic E-state index is -0.843. The molecule has 1 unspecified atom stereocenters. The number of hydrogen-bond donors (Lipinski definition) is 2. The molecule has 134 valence electrons. The van der Waals surface area contributed by atoms with Crippen molar-refractivity contribution in [2.24, 2.45) is 5.92 Å². The fourth-order valence-electron chi connectivity index (χ4n) is 2.64. The van der Waals surface area contributed by atoms with E-state index in [9.17, 15) is 18.4 Å². The molecule has 1 atom stereocenters. The zero-order valence-corrected chi connectivity index (χ0v) is 14.3. The van der Waals surface area contributed by atoms with Gasteiger partial charge in [0.15, 0.2) is 0 Å². The summed E-state index contributed by atoms with van der Waals surface area (Å²) in [4.78, 5) is 25.8. The third-order valence-electron chi connectivity index (χ3n) is 3.90. The van der Waals surface area contributed by atoms with E-state index in [2.05, 4.69) is 10.6 Å². The average molecular weight is 362 g/mol. The minimum absolute atomic E-state index is 0. The molecular formula is C16H22ClF2N3O2. The van der Waals surface area contributed by atoms with Crippen molar-refractivity contribution in [3.05, 3.63) is 29.8 Å². The second-order valence-electron chi connectivity index (χ2n) is 5.54. The van der Waals surface area contributed by atoms with E-state index in [0.717, 1.165) is 31.5 Å². The molecule has 0 spiro atoms. The molecule has 24 heavy (non-hydrogen) atoms. The van der Waals surface area contributed by atoms with Gasteiger partial charge in [0.2, 0.25) is 11.8 Å². The van der Waals surface area contributed by atoms with Crippen molar-refractivity contribution in [1.29, 1.82) is 0 Å². The number of carbonyl (C=O) groups is 2. The van der Waals surface area contributed by atoms with Crippen LogP contribution in [0.15, 0.2) is 18.2 Å². The van der Waals surface area contributed by atoms with Crippen molar-refractivity contribution in [2.75, 3.05) is 31.5 Å². The van der Waals surface area contributed by atoms with Crippen LogP contribution in [0.4, 0.5) is 14.5 Å². The summed E-state index contributed by atoms with van der Waals surface area (Å²) in [6.45, 7) is 3.40. The van der Waals surface area contributed by atoms with Gasteiger partial charge in [-0.25, -0.2) is 8.78 Å². The highest BCUT2D eigenvalue weighted by Gasteiger charge is 2.26. The number of anilines is 1. The van der Waals surface area contributed by atoms with E-state index in [1.54, 1.807) is 6.92 Å². The van der Waals surface area contributed by atoms with E-state index in [1.807, 2.05) is 0 Å². The van der Waals surface area contributed by atoms with Crippen molar-refractivity contribution in [3.63, 3.8) is 0 Å². The maximum absolute atomic E-state index is 13.5. The molecule has 1 aliphatic heterocycles. The van der Waals surface area contributed by atoms with Crippen molar-refractivity contribution in [1.82, 2.24) is 10.2 Å². The molecule has 2 amide bonds. The Morgan fingerprint density at radius 3 is 2.54 bits per heavy atom. The second kappa shape index (κ2) is 9.54. The van der Waals surface area contributed by atoms with Crippen LogP contribution in [0, 0.1) is 17.6 Å². The van der Waals surface area contributed by atoms with Gasteiger partial charge in [-0.1, -0.05) is 6.07 Å². The van der Waals surface area contributed by atoms with Gasteiger partial charge < -0.3 is 15.5 Å². The Kier molecular flexibility index (Phi) is 8.07. The van der Waals surface area contributed by atoms with E-state index < -0.39 is 23.2 Å². The molecule has 0 aromatic heterocycles. The lowest BCUT2D eigenvalue weighted by molar-refractivity contribution is -0.138. The number of nitrogens with one attached hydrogen (secondary N) is 2. The van der Waals surface area contributed by atoms with Gasteiger partial charge in [0.1, 0.15) is 17.3 Å². The van der Waals surface area contributed by atoms with Crippen LogP contribution in [0.1, 0.15) is 19.8 Å². The number of para-hydroxylation sites is 1. The Bertz CT molecular complexity index is 560. The van der Waals surface area contributed by atoms with Crippen LogP contribution in [0.3, 0.4) is 0 Å². The maximum Gasteiger partial charge on any atom is 0.244 e. The van der Waals surface area contributed by atoms with Crippen LogP contribution in [0.5, 0.6) is 0 Å². The smallest absolute Gasteiger partial charge is 0.244 e. The summed E-state index contributed by atoms with van der Waals surface area (Å²) >= 11 is 0. The van der Waals surface area contributed by atoms with Crippen LogP contribution in [-0.2, 0) is 9.59 Å². The summed E-state index contributed by atoms with van der Waals surface area (Å²) < 4.78 is 27.1. The van der Waals surface area contributed by atoms with Gasteiger partial charge >= 0.3 is 0 Å². The van der Waals surface area contributed by atoms with Gasteiger partial charge in [-0.2, -0.15) is 0 Å². The van der Waals surface area contributed by atoms with Crippen LogP contribution < -0.4 is 10.6 Å².